The van der Waals surface area contributed by atoms with Crippen LogP contribution in [0.4, 0.5) is 0 Å². The molecule has 2 aromatic rings. The Hall–Kier alpha value is -2.22. The molecular formula is C17H18O2. The van der Waals surface area contributed by atoms with E-state index in [2.05, 4.69) is 6.08 Å². The maximum atomic E-state index is 9.53. The molecule has 0 atom stereocenters. The largest absolute Gasteiger partial charge is 0.508 e. The molecule has 2 nitrogen and oxygen atoms in total. The van der Waals surface area contributed by atoms with Crippen LogP contribution in [0.1, 0.15) is 29.2 Å². The lowest BCUT2D eigenvalue weighted by atomic mass is 10.0. The lowest BCUT2D eigenvalue weighted by Crippen LogP contribution is -1.84. The van der Waals surface area contributed by atoms with Crippen molar-refractivity contribution in [3.63, 3.8) is 0 Å². The minimum absolute atomic E-state index is 0.315. The Morgan fingerprint density at radius 1 is 0.895 bits per heavy atom. The normalized spacial score (nSPS) is 11.6. The topological polar surface area (TPSA) is 40.5 Å². The molecule has 2 N–H and O–H groups in total. The molecule has 2 aromatic carbocycles. The number of hydrogen-bond acceptors (Lipinski definition) is 2. The Kier molecular flexibility index (Phi) is 3.61. The molecule has 0 bridgehead atoms. The third kappa shape index (κ3) is 2.97. The van der Waals surface area contributed by atoms with Crippen LogP contribution in [0, 0.1) is 13.8 Å². The maximum absolute atomic E-state index is 9.53. The van der Waals surface area contributed by atoms with Crippen molar-refractivity contribution in [2.45, 2.75) is 20.8 Å². The van der Waals surface area contributed by atoms with Gasteiger partial charge in [-0.05, 0) is 72.9 Å². The van der Waals surface area contributed by atoms with Crippen LogP contribution in [0.5, 0.6) is 11.5 Å². The molecule has 0 aliphatic carbocycles. The van der Waals surface area contributed by atoms with E-state index in [4.69, 9.17) is 0 Å². The average molecular weight is 254 g/mol. The number of phenols is 2. The van der Waals surface area contributed by atoms with E-state index in [0.717, 1.165) is 27.8 Å². The number of rotatable bonds is 2. The summed E-state index contributed by atoms with van der Waals surface area (Å²) in [7, 11) is 0. The highest BCUT2D eigenvalue weighted by molar-refractivity contribution is 5.80. The minimum atomic E-state index is 0.315. The number of hydrogen-bond donors (Lipinski definition) is 2. The van der Waals surface area contributed by atoms with Gasteiger partial charge in [0.2, 0.25) is 0 Å². The van der Waals surface area contributed by atoms with Crippen molar-refractivity contribution in [2.75, 3.05) is 0 Å². The molecule has 0 aromatic heterocycles. The summed E-state index contributed by atoms with van der Waals surface area (Å²) < 4.78 is 0. The SMILES string of the molecule is C/C(=C\c1ccc(O)c(C)c1)c1ccc(O)c(C)c1. The van der Waals surface area contributed by atoms with Crippen LogP contribution in [0.25, 0.3) is 11.6 Å². The summed E-state index contributed by atoms with van der Waals surface area (Å²) in [5, 5.41) is 19.0. The number of phenolic OH excluding ortho intramolecular Hbond substituents is 2. The van der Waals surface area contributed by atoms with Gasteiger partial charge in [0, 0.05) is 0 Å². The Bertz CT molecular complexity index is 640. The molecule has 0 fully saturated rings. The lowest BCUT2D eigenvalue weighted by molar-refractivity contribution is 0.470. The fourth-order valence-electron chi connectivity index (χ4n) is 2.00. The molecule has 0 aliphatic heterocycles. The standard InChI is InChI=1S/C17H18O2/c1-11(15-5-7-17(19)13(3)10-15)8-14-4-6-16(18)12(2)9-14/h4-10,18-19H,1-3H3/b11-8+. The van der Waals surface area contributed by atoms with Gasteiger partial charge in [0.1, 0.15) is 11.5 Å². The fraction of sp³-hybridized carbons (Fsp3) is 0.176. The van der Waals surface area contributed by atoms with Crippen LogP contribution in [0.2, 0.25) is 0 Å². The van der Waals surface area contributed by atoms with E-state index < -0.39 is 0 Å². The molecule has 19 heavy (non-hydrogen) atoms. The highest BCUT2D eigenvalue weighted by Crippen LogP contribution is 2.25. The molecule has 2 heteroatoms. The van der Waals surface area contributed by atoms with E-state index in [1.54, 1.807) is 12.1 Å². The summed E-state index contributed by atoms with van der Waals surface area (Å²) >= 11 is 0. The zero-order chi connectivity index (χ0) is 14.0. The van der Waals surface area contributed by atoms with E-state index in [-0.39, 0.29) is 0 Å². The highest BCUT2D eigenvalue weighted by atomic mass is 16.3. The van der Waals surface area contributed by atoms with Gasteiger partial charge in [-0.2, -0.15) is 0 Å². The van der Waals surface area contributed by atoms with Crippen molar-refractivity contribution in [3.8, 4) is 11.5 Å². The molecule has 0 saturated carbocycles. The maximum Gasteiger partial charge on any atom is 0.118 e. The number of allylic oxidation sites excluding steroid dienone is 1. The van der Waals surface area contributed by atoms with Crippen molar-refractivity contribution < 1.29 is 10.2 Å². The zero-order valence-corrected chi connectivity index (χ0v) is 11.4. The first-order valence-electron chi connectivity index (χ1n) is 6.25. The van der Waals surface area contributed by atoms with Gasteiger partial charge in [-0.15, -0.1) is 0 Å². The first-order chi connectivity index (χ1) is 8.97. The summed E-state index contributed by atoms with van der Waals surface area (Å²) in [6.45, 7) is 5.80. The summed E-state index contributed by atoms with van der Waals surface area (Å²) in [6, 6.07) is 11.1. The van der Waals surface area contributed by atoms with Gasteiger partial charge < -0.3 is 10.2 Å². The van der Waals surface area contributed by atoms with Gasteiger partial charge in [-0.1, -0.05) is 18.2 Å². The van der Waals surface area contributed by atoms with Gasteiger partial charge in [-0.3, -0.25) is 0 Å². The van der Waals surface area contributed by atoms with Gasteiger partial charge in [0.25, 0.3) is 0 Å². The van der Waals surface area contributed by atoms with Crippen LogP contribution >= 0.6 is 0 Å². The lowest BCUT2D eigenvalue weighted by Gasteiger charge is -2.06. The molecule has 0 heterocycles. The van der Waals surface area contributed by atoms with E-state index in [9.17, 15) is 10.2 Å². The number of aromatic hydroxyl groups is 2. The van der Waals surface area contributed by atoms with Crippen LogP contribution in [-0.4, -0.2) is 10.2 Å². The van der Waals surface area contributed by atoms with E-state index >= 15 is 0 Å². The monoisotopic (exact) mass is 254 g/mol. The predicted molar refractivity (Wildman–Crippen MR) is 79.2 cm³/mol. The number of benzene rings is 2. The van der Waals surface area contributed by atoms with Crippen LogP contribution in [-0.2, 0) is 0 Å². The van der Waals surface area contributed by atoms with Crippen molar-refractivity contribution in [1.82, 2.24) is 0 Å². The fourth-order valence-corrected chi connectivity index (χ4v) is 2.00. The second-order valence-electron chi connectivity index (χ2n) is 4.87. The van der Waals surface area contributed by atoms with Crippen molar-refractivity contribution in [2.24, 2.45) is 0 Å². The van der Waals surface area contributed by atoms with Crippen molar-refractivity contribution in [3.05, 3.63) is 58.7 Å². The second kappa shape index (κ2) is 5.19. The number of aryl methyl sites for hydroxylation is 2. The third-order valence-corrected chi connectivity index (χ3v) is 3.26. The van der Waals surface area contributed by atoms with Gasteiger partial charge in [-0.25, -0.2) is 0 Å². The first kappa shape index (κ1) is 13.2. The van der Waals surface area contributed by atoms with E-state index in [1.165, 1.54) is 0 Å². The Morgan fingerprint density at radius 2 is 1.47 bits per heavy atom. The smallest absolute Gasteiger partial charge is 0.118 e. The molecule has 2 rings (SSSR count). The highest BCUT2D eigenvalue weighted by Gasteiger charge is 2.01. The van der Waals surface area contributed by atoms with Gasteiger partial charge >= 0.3 is 0 Å². The van der Waals surface area contributed by atoms with Gasteiger partial charge in [0.05, 0.1) is 0 Å². The molecule has 0 unspecified atom stereocenters. The minimum Gasteiger partial charge on any atom is -0.508 e. The second-order valence-corrected chi connectivity index (χ2v) is 4.87. The first-order valence-corrected chi connectivity index (χ1v) is 6.25. The average Bonchev–Trinajstić information content (AvgIpc) is 2.37. The molecular weight excluding hydrogens is 236 g/mol. The van der Waals surface area contributed by atoms with Crippen molar-refractivity contribution in [1.29, 1.82) is 0 Å². The Morgan fingerprint density at radius 3 is 2.05 bits per heavy atom. The van der Waals surface area contributed by atoms with Crippen LogP contribution < -0.4 is 0 Å². The van der Waals surface area contributed by atoms with Crippen molar-refractivity contribution >= 4 is 11.6 Å². The summed E-state index contributed by atoms with van der Waals surface area (Å²) in [4.78, 5) is 0. The van der Waals surface area contributed by atoms with E-state index in [1.807, 2.05) is 45.0 Å². The van der Waals surface area contributed by atoms with Crippen LogP contribution in [0.3, 0.4) is 0 Å². The molecule has 0 aliphatic rings. The third-order valence-electron chi connectivity index (χ3n) is 3.26. The summed E-state index contributed by atoms with van der Waals surface area (Å²) in [5.74, 6) is 0.632. The zero-order valence-electron chi connectivity index (χ0n) is 11.4. The van der Waals surface area contributed by atoms with E-state index in [0.29, 0.717) is 11.5 Å². The molecule has 98 valence electrons. The Balaban J connectivity index is 2.36. The predicted octanol–water partition coefficient (Wildman–Crippen LogP) is 4.28. The quantitative estimate of drug-likeness (QED) is 0.785. The molecule has 0 radical (unpaired) electrons. The molecule has 0 amide bonds. The Labute approximate surface area is 113 Å². The summed E-state index contributed by atoms with van der Waals surface area (Å²) in [6.07, 6.45) is 2.07. The molecule has 0 spiro atoms. The molecule has 0 saturated heterocycles. The van der Waals surface area contributed by atoms with Crippen LogP contribution in [0.15, 0.2) is 36.4 Å². The van der Waals surface area contributed by atoms with Gasteiger partial charge in [0.15, 0.2) is 0 Å². The summed E-state index contributed by atoms with van der Waals surface area (Å²) in [5.41, 5.74) is 4.99.